The monoisotopic (exact) mass is 261 g/mol. The van der Waals surface area contributed by atoms with Crippen molar-refractivity contribution in [2.45, 2.75) is 32.2 Å². The number of carbonyl (C=O) groups excluding carboxylic acids is 2. The van der Waals surface area contributed by atoms with E-state index in [0.29, 0.717) is 13.1 Å². The predicted molar refractivity (Wildman–Crippen MR) is 71.4 cm³/mol. The summed E-state index contributed by atoms with van der Waals surface area (Å²) in [5.74, 6) is -0.157. The Hall–Kier alpha value is -1.75. The molecule has 0 bridgehead atoms. The molecular formula is C14H19N3O2. The first-order chi connectivity index (χ1) is 9.22. The highest BCUT2D eigenvalue weighted by atomic mass is 16.2. The summed E-state index contributed by atoms with van der Waals surface area (Å²) in [7, 11) is 0. The van der Waals surface area contributed by atoms with Gasteiger partial charge < -0.3 is 5.32 Å². The molecule has 1 fully saturated rings. The zero-order valence-electron chi connectivity index (χ0n) is 11.1. The molecule has 1 aromatic heterocycles. The molecule has 0 spiro atoms. The van der Waals surface area contributed by atoms with Gasteiger partial charge in [-0.25, -0.2) is 0 Å². The number of hydrogen-bond acceptors (Lipinski definition) is 4. The number of rotatable bonds is 6. The number of amides is 2. The molecule has 1 unspecified atom stereocenters. The van der Waals surface area contributed by atoms with E-state index in [-0.39, 0.29) is 24.3 Å². The lowest BCUT2D eigenvalue weighted by molar-refractivity contribution is -0.138. The zero-order chi connectivity index (χ0) is 13.7. The van der Waals surface area contributed by atoms with Gasteiger partial charge in [0.15, 0.2) is 0 Å². The summed E-state index contributed by atoms with van der Waals surface area (Å²) in [5, 5.41) is 3.15. The van der Waals surface area contributed by atoms with Crippen molar-refractivity contribution in [2.24, 2.45) is 0 Å². The lowest BCUT2D eigenvalue weighted by Gasteiger charge is -2.14. The first kappa shape index (κ1) is 13.7. The van der Waals surface area contributed by atoms with Gasteiger partial charge in [0.25, 0.3) is 0 Å². The second kappa shape index (κ2) is 6.43. The molecule has 1 aliphatic rings. The highest BCUT2D eigenvalue weighted by Gasteiger charge is 2.37. The van der Waals surface area contributed by atoms with Gasteiger partial charge in [0.1, 0.15) is 0 Å². The fourth-order valence-corrected chi connectivity index (χ4v) is 2.22. The maximum atomic E-state index is 12.0. The van der Waals surface area contributed by atoms with E-state index in [1.54, 1.807) is 6.20 Å². The van der Waals surface area contributed by atoms with E-state index in [1.165, 1.54) is 4.90 Å². The SMILES string of the molecule is CCCN1C(=O)CC(NCCc2ccccn2)C1=O. The van der Waals surface area contributed by atoms with Crippen LogP contribution in [0.1, 0.15) is 25.5 Å². The molecule has 1 saturated heterocycles. The van der Waals surface area contributed by atoms with E-state index in [0.717, 1.165) is 18.5 Å². The second-order valence-corrected chi connectivity index (χ2v) is 4.67. The number of carbonyl (C=O) groups is 2. The maximum absolute atomic E-state index is 12.0. The van der Waals surface area contributed by atoms with Crippen LogP contribution in [-0.4, -0.2) is 40.8 Å². The molecule has 2 rings (SSSR count). The molecule has 5 heteroatoms. The van der Waals surface area contributed by atoms with E-state index in [9.17, 15) is 9.59 Å². The molecule has 1 aromatic rings. The van der Waals surface area contributed by atoms with Crippen molar-refractivity contribution < 1.29 is 9.59 Å². The molecule has 0 radical (unpaired) electrons. The Bertz CT molecular complexity index is 447. The van der Waals surface area contributed by atoms with Gasteiger partial charge in [-0.3, -0.25) is 19.5 Å². The van der Waals surface area contributed by atoms with Gasteiger partial charge >= 0.3 is 0 Å². The van der Waals surface area contributed by atoms with E-state index in [2.05, 4.69) is 10.3 Å². The summed E-state index contributed by atoms with van der Waals surface area (Å²) in [6, 6.07) is 5.41. The van der Waals surface area contributed by atoms with Crippen molar-refractivity contribution >= 4 is 11.8 Å². The molecule has 1 N–H and O–H groups in total. The van der Waals surface area contributed by atoms with Crippen LogP contribution in [0.3, 0.4) is 0 Å². The number of pyridine rings is 1. The Morgan fingerprint density at radius 2 is 2.26 bits per heavy atom. The van der Waals surface area contributed by atoms with Crippen LogP contribution in [0.25, 0.3) is 0 Å². The molecule has 0 aromatic carbocycles. The van der Waals surface area contributed by atoms with Crippen molar-refractivity contribution in [3.8, 4) is 0 Å². The van der Waals surface area contributed by atoms with Crippen LogP contribution in [0.5, 0.6) is 0 Å². The van der Waals surface area contributed by atoms with Gasteiger partial charge in [-0.05, 0) is 18.6 Å². The Labute approximate surface area is 113 Å². The van der Waals surface area contributed by atoms with Gasteiger partial charge in [0.2, 0.25) is 11.8 Å². The third kappa shape index (κ3) is 3.38. The van der Waals surface area contributed by atoms with Crippen molar-refractivity contribution in [3.05, 3.63) is 30.1 Å². The summed E-state index contributed by atoms with van der Waals surface area (Å²) in [4.78, 5) is 29.2. The normalized spacial score (nSPS) is 19.2. The molecule has 0 aliphatic carbocycles. The van der Waals surface area contributed by atoms with E-state index >= 15 is 0 Å². The van der Waals surface area contributed by atoms with Gasteiger partial charge in [-0.15, -0.1) is 0 Å². The number of nitrogens with one attached hydrogen (secondary N) is 1. The summed E-state index contributed by atoms with van der Waals surface area (Å²) < 4.78 is 0. The average molecular weight is 261 g/mol. The minimum Gasteiger partial charge on any atom is -0.305 e. The number of likely N-dealkylation sites (tertiary alicyclic amines) is 1. The summed E-state index contributed by atoms with van der Waals surface area (Å²) in [6.45, 7) is 3.14. The Balaban J connectivity index is 1.81. The lowest BCUT2D eigenvalue weighted by atomic mass is 10.2. The number of nitrogens with zero attached hydrogens (tertiary/aromatic N) is 2. The molecule has 19 heavy (non-hydrogen) atoms. The van der Waals surface area contributed by atoms with Crippen LogP contribution < -0.4 is 5.32 Å². The van der Waals surface area contributed by atoms with Crippen LogP contribution in [0.4, 0.5) is 0 Å². The number of imide groups is 1. The Morgan fingerprint density at radius 3 is 2.95 bits per heavy atom. The first-order valence-electron chi connectivity index (χ1n) is 6.70. The van der Waals surface area contributed by atoms with Crippen molar-refractivity contribution in [1.29, 1.82) is 0 Å². The van der Waals surface area contributed by atoms with Crippen molar-refractivity contribution in [3.63, 3.8) is 0 Å². The first-order valence-corrected chi connectivity index (χ1v) is 6.70. The number of aromatic nitrogens is 1. The molecule has 2 heterocycles. The van der Waals surface area contributed by atoms with Crippen LogP contribution in [-0.2, 0) is 16.0 Å². The molecule has 2 amide bonds. The molecule has 1 atom stereocenters. The van der Waals surface area contributed by atoms with Gasteiger partial charge in [-0.1, -0.05) is 13.0 Å². The maximum Gasteiger partial charge on any atom is 0.246 e. The third-order valence-electron chi connectivity index (χ3n) is 3.19. The smallest absolute Gasteiger partial charge is 0.246 e. The molecular weight excluding hydrogens is 242 g/mol. The van der Waals surface area contributed by atoms with E-state index in [1.807, 2.05) is 25.1 Å². The fraction of sp³-hybridized carbons (Fsp3) is 0.500. The van der Waals surface area contributed by atoms with Crippen molar-refractivity contribution in [2.75, 3.05) is 13.1 Å². The van der Waals surface area contributed by atoms with Crippen LogP contribution in [0, 0.1) is 0 Å². The minimum atomic E-state index is -0.359. The summed E-state index contributed by atoms with van der Waals surface area (Å²) in [6.07, 6.45) is 3.59. The summed E-state index contributed by atoms with van der Waals surface area (Å²) in [5.41, 5.74) is 0.984. The Kier molecular flexibility index (Phi) is 4.63. The quantitative estimate of drug-likeness (QED) is 0.768. The fourth-order valence-electron chi connectivity index (χ4n) is 2.22. The number of hydrogen-bond donors (Lipinski definition) is 1. The standard InChI is InChI=1S/C14H19N3O2/c1-2-9-17-13(18)10-12(14(17)19)16-8-6-11-5-3-4-7-15-11/h3-5,7,12,16H,2,6,8-10H2,1H3. The zero-order valence-corrected chi connectivity index (χ0v) is 11.1. The van der Waals surface area contributed by atoms with Crippen LogP contribution in [0.15, 0.2) is 24.4 Å². The summed E-state index contributed by atoms with van der Waals surface area (Å²) >= 11 is 0. The molecule has 0 saturated carbocycles. The highest BCUT2D eigenvalue weighted by Crippen LogP contribution is 2.13. The van der Waals surface area contributed by atoms with Crippen molar-refractivity contribution in [1.82, 2.24) is 15.2 Å². The topological polar surface area (TPSA) is 62.3 Å². The molecule has 1 aliphatic heterocycles. The van der Waals surface area contributed by atoms with Gasteiger partial charge in [0, 0.05) is 31.4 Å². The van der Waals surface area contributed by atoms with E-state index < -0.39 is 0 Å². The van der Waals surface area contributed by atoms with Crippen LogP contribution >= 0.6 is 0 Å². The third-order valence-corrected chi connectivity index (χ3v) is 3.19. The minimum absolute atomic E-state index is 0.0674. The Morgan fingerprint density at radius 1 is 1.42 bits per heavy atom. The van der Waals surface area contributed by atoms with Gasteiger partial charge in [-0.2, -0.15) is 0 Å². The lowest BCUT2D eigenvalue weighted by Crippen LogP contribution is -2.39. The molecule has 5 nitrogen and oxygen atoms in total. The highest BCUT2D eigenvalue weighted by molar-refractivity contribution is 6.05. The largest absolute Gasteiger partial charge is 0.305 e. The average Bonchev–Trinajstić information content (AvgIpc) is 2.68. The van der Waals surface area contributed by atoms with Crippen LogP contribution in [0.2, 0.25) is 0 Å². The van der Waals surface area contributed by atoms with E-state index in [4.69, 9.17) is 0 Å². The predicted octanol–water partition coefficient (Wildman–Crippen LogP) is 0.751. The molecule has 102 valence electrons. The second-order valence-electron chi connectivity index (χ2n) is 4.67. The van der Waals surface area contributed by atoms with Gasteiger partial charge in [0.05, 0.1) is 12.5 Å².